The van der Waals surface area contributed by atoms with Crippen LogP contribution in [0.15, 0.2) is 0 Å². The Morgan fingerprint density at radius 2 is 1.93 bits per heavy atom. The fourth-order valence-corrected chi connectivity index (χ4v) is 1.45. The average Bonchev–Trinajstić information content (AvgIpc) is 1.98. The van der Waals surface area contributed by atoms with Crippen LogP contribution in [-0.4, -0.2) is 36.9 Å². The molecule has 1 saturated carbocycles. The van der Waals surface area contributed by atoms with Gasteiger partial charge in [-0.2, -0.15) is 0 Å². The van der Waals surface area contributed by atoms with Crippen LogP contribution < -0.4 is 5.32 Å². The Balaban J connectivity index is 2.35. The van der Waals surface area contributed by atoms with Crippen molar-refractivity contribution in [2.24, 2.45) is 5.92 Å². The van der Waals surface area contributed by atoms with Gasteiger partial charge in [-0.15, -0.1) is 0 Å². The number of nitrogens with zero attached hydrogens (tertiary/aromatic N) is 1. The first-order chi connectivity index (χ1) is 6.52. The number of hydrogen-bond donors (Lipinski definition) is 1. The van der Waals surface area contributed by atoms with Crippen molar-refractivity contribution < 1.29 is 9.59 Å². The lowest BCUT2D eigenvalue weighted by Gasteiger charge is -2.26. The van der Waals surface area contributed by atoms with Gasteiger partial charge in [-0.3, -0.25) is 9.59 Å². The van der Waals surface area contributed by atoms with Crippen molar-refractivity contribution in [3.05, 3.63) is 0 Å². The summed E-state index contributed by atoms with van der Waals surface area (Å²) >= 11 is 0. The highest BCUT2D eigenvalue weighted by Gasteiger charge is 2.27. The van der Waals surface area contributed by atoms with E-state index >= 15 is 0 Å². The molecule has 1 unspecified atom stereocenters. The topological polar surface area (TPSA) is 49.4 Å². The molecule has 0 aromatic rings. The van der Waals surface area contributed by atoms with Crippen LogP contribution in [0.3, 0.4) is 0 Å². The summed E-state index contributed by atoms with van der Waals surface area (Å²) in [7, 11) is 3.38. The summed E-state index contributed by atoms with van der Waals surface area (Å²) in [6, 6.07) is -0.405. The molecule has 1 N–H and O–H groups in total. The van der Waals surface area contributed by atoms with Crippen molar-refractivity contribution in [1.29, 1.82) is 0 Å². The number of hydrogen-bond acceptors (Lipinski definition) is 2. The van der Waals surface area contributed by atoms with Gasteiger partial charge in [0.2, 0.25) is 11.8 Å². The Hall–Kier alpha value is -1.06. The van der Waals surface area contributed by atoms with Gasteiger partial charge in [0.05, 0.1) is 0 Å². The van der Waals surface area contributed by atoms with E-state index in [1.54, 1.807) is 21.0 Å². The number of nitrogens with one attached hydrogen (secondary N) is 1. The van der Waals surface area contributed by atoms with E-state index in [2.05, 4.69) is 5.32 Å². The van der Waals surface area contributed by atoms with Crippen LogP contribution in [0.25, 0.3) is 0 Å². The molecule has 0 aliphatic heterocycles. The lowest BCUT2D eigenvalue weighted by Crippen LogP contribution is -2.47. The number of amides is 2. The maximum Gasteiger partial charge on any atom is 0.244 e. The van der Waals surface area contributed by atoms with Crippen LogP contribution in [0.4, 0.5) is 0 Å². The molecule has 0 heterocycles. The Kier molecular flexibility index (Phi) is 3.49. The maximum atomic E-state index is 11.5. The van der Waals surface area contributed by atoms with Gasteiger partial charge in [-0.05, 0) is 19.8 Å². The summed E-state index contributed by atoms with van der Waals surface area (Å²) < 4.78 is 0. The molecule has 1 atom stereocenters. The molecule has 0 spiro atoms. The van der Waals surface area contributed by atoms with Gasteiger partial charge in [0.25, 0.3) is 0 Å². The van der Waals surface area contributed by atoms with Crippen LogP contribution in [-0.2, 0) is 9.59 Å². The van der Waals surface area contributed by atoms with E-state index in [1.165, 1.54) is 4.90 Å². The minimum atomic E-state index is -0.405. The fourth-order valence-electron chi connectivity index (χ4n) is 1.45. The highest BCUT2D eigenvalue weighted by atomic mass is 16.2. The van der Waals surface area contributed by atoms with E-state index in [1.807, 2.05) is 0 Å². The third-order valence-corrected chi connectivity index (χ3v) is 2.65. The molecular formula is C10H18N2O2. The van der Waals surface area contributed by atoms with Gasteiger partial charge in [-0.25, -0.2) is 0 Å². The van der Waals surface area contributed by atoms with Crippen molar-refractivity contribution in [1.82, 2.24) is 10.2 Å². The van der Waals surface area contributed by atoms with Gasteiger partial charge in [0.1, 0.15) is 6.04 Å². The summed E-state index contributed by atoms with van der Waals surface area (Å²) in [5.41, 5.74) is 0. The monoisotopic (exact) mass is 198 g/mol. The zero-order chi connectivity index (χ0) is 10.7. The highest BCUT2D eigenvalue weighted by Crippen LogP contribution is 2.26. The van der Waals surface area contributed by atoms with E-state index in [4.69, 9.17) is 0 Å². The molecule has 0 radical (unpaired) electrons. The first-order valence-electron chi connectivity index (χ1n) is 5.04. The van der Waals surface area contributed by atoms with Gasteiger partial charge < -0.3 is 10.2 Å². The molecule has 14 heavy (non-hydrogen) atoms. The number of likely N-dealkylation sites (N-methyl/N-ethyl adjacent to an activating group) is 1. The van der Waals surface area contributed by atoms with Crippen LogP contribution in [0.2, 0.25) is 0 Å². The molecule has 1 fully saturated rings. The summed E-state index contributed by atoms with van der Waals surface area (Å²) in [5, 5.41) is 2.73. The first-order valence-corrected chi connectivity index (χ1v) is 5.04. The predicted octanol–water partition coefficient (Wildman–Crippen LogP) is 0.379. The summed E-state index contributed by atoms with van der Waals surface area (Å²) in [4.78, 5) is 24.4. The molecule has 1 rings (SSSR count). The van der Waals surface area contributed by atoms with Crippen LogP contribution in [0.1, 0.15) is 26.2 Å². The predicted molar refractivity (Wildman–Crippen MR) is 53.6 cm³/mol. The Morgan fingerprint density at radius 1 is 1.36 bits per heavy atom. The SMILES string of the molecule is CC(NC(=O)C1CCC1)C(=O)N(C)C. The normalized spacial score (nSPS) is 18.2. The van der Waals surface area contributed by atoms with Crippen molar-refractivity contribution in [2.45, 2.75) is 32.2 Å². The number of carbonyl (C=O) groups excluding carboxylic acids is 2. The fraction of sp³-hybridized carbons (Fsp3) is 0.800. The quantitative estimate of drug-likeness (QED) is 0.712. The van der Waals surface area contributed by atoms with E-state index in [9.17, 15) is 9.59 Å². The Morgan fingerprint density at radius 3 is 2.29 bits per heavy atom. The lowest BCUT2D eigenvalue weighted by molar-refractivity contribution is -0.136. The molecule has 0 saturated heterocycles. The van der Waals surface area contributed by atoms with Crippen LogP contribution in [0.5, 0.6) is 0 Å². The third-order valence-electron chi connectivity index (χ3n) is 2.65. The van der Waals surface area contributed by atoms with E-state index in [0.717, 1.165) is 19.3 Å². The van der Waals surface area contributed by atoms with Crippen LogP contribution >= 0.6 is 0 Å². The molecule has 1 aliphatic carbocycles. The van der Waals surface area contributed by atoms with E-state index < -0.39 is 6.04 Å². The third kappa shape index (κ3) is 2.47. The van der Waals surface area contributed by atoms with Crippen molar-refractivity contribution in [3.8, 4) is 0 Å². The zero-order valence-electron chi connectivity index (χ0n) is 9.04. The van der Waals surface area contributed by atoms with Crippen molar-refractivity contribution in [2.75, 3.05) is 14.1 Å². The molecule has 0 aromatic carbocycles. The lowest BCUT2D eigenvalue weighted by atomic mass is 9.84. The zero-order valence-corrected chi connectivity index (χ0v) is 9.04. The molecule has 0 bridgehead atoms. The minimum absolute atomic E-state index is 0.0268. The summed E-state index contributed by atoms with van der Waals surface area (Å²) in [5.74, 6) is 0.115. The maximum absolute atomic E-state index is 11.5. The molecule has 4 heteroatoms. The molecule has 1 aliphatic rings. The molecule has 4 nitrogen and oxygen atoms in total. The molecule has 80 valence electrons. The number of carbonyl (C=O) groups is 2. The smallest absolute Gasteiger partial charge is 0.244 e. The van der Waals surface area contributed by atoms with Crippen LogP contribution in [0, 0.1) is 5.92 Å². The van der Waals surface area contributed by atoms with Gasteiger partial charge in [0.15, 0.2) is 0 Å². The number of rotatable bonds is 3. The second-order valence-electron chi connectivity index (χ2n) is 4.09. The average molecular weight is 198 g/mol. The highest BCUT2D eigenvalue weighted by molar-refractivity contribution is 5.88. The summed E-state index contributed by atoms with van der Waals surface area (Å²) in [6.45, 7) is 1.72. The van der Waals surface area contributed by atoms with Gasteiger partial charge in [-0.1, -0.05) is 6.42 Å². The molecule has 0 aromatic heterocycles. The molecule has 2 amide bonds. The summed E-state index contributed by atoms with van der Waals surface area (Å²) in [6.07, 6.45) is 3.07. The molecular weight excluding hydrogens is 180 g/mol. The Bertz CT molecular complexity index is 234. The first kappa shape index (κ1) is 11.0. The standard InChI is InChI=1S/C10H18N2O2/c1-7(10(14)12(2)3)11-9(13)8-5-4-6-8/h7-8H,4-6H2,1-3H3,(H,11,13). The van der Waals surface area contributed by atoms with E-state index in [-0.39, 0.29) is 17.7 Å². The van der Waals surface area contributed by atoms with Crippen molar-refractivity contribution >= 4 is 11.8 Å². The van der Waals surface area contributed by atoms with E-state index in [0.29, 0.717) is 0 Å². The van der Waals surface area contributed by atoms with Gasteiger partial charge in [0, 0.05) is 20.0 Å². The Labute approximate surface area is 84.7 Å². The van der Waals surface area contributed by atoms with Gasteiger partial charge >= 0.3 is 0 Å². The minimum Gasteiger partial charge on any atom is -0.347 e. The van der Waals surface area contributed by atoms with Crippen molar-refractivity contribution in [3.63, 3.8) is 0 Å². The largest absolute Gasteiger partial charge is 0.347 e. The second kappa shape index (κ2) is 4.44. The second-order valence-corrected chi connectivity index (χ2v) is 4.09.